The molecule has 1 aliphatic rings. The molecule has 1 heterocycles. The first kappa shape index (κ1) is 41.1. The number of methoxy groups -OCH3 is 3. The van der Waals surface area contributed by atoms with Crippen molar-refractivity contribution >= 4 is 17.7 Å². The maximum absolute atomic E-state index is 14.3. The number of benzene rings is 3. The third kappa shape index (κ3) is 10.7. The van der Waals surface area contributed by atoms with E-state index in [-0.39, 0.29) is 31.5 Å². The first-order valence-electron chi connectivity index (χ1n) is 18.3. The Morgan fingerprint density at radius 1 is 0.906 bits per heavy atom. The summed E-state index contributed by atoms with van der Waals surface area (Å²) in [6, 6.07) is 15.4. The number of Topliss-reactive ketones (excluding diaryl/α,β-unsaturated/α-hetero) is 1. The van der Waals surface area contributed by atoms with E-state index in [1.807, 2.05) is 25.1 Å². The van der Waals surface area contributed by atoms with Gasteiger partial charge >= 0.3 is 5.97 Å². The summed E-state index contributed by atoms with van der Waals surface area (Å²) in [6.07, 6.45) is 3.53. The van der Waals surface area contributed by atoms with Gasteiger partial charge in [-0.2, -0.15) is 0 Å². The Hall–Kier alpha value is -4.65. The van der Waals surface area contributed by atoms with E-state index >= 15 is 0 Å². The number of hydrogen-bond donors (Lipinski definition) is 3. The fourth-order valence-corrected chi connectivity index (χ4v) is 6.78. The number of esters is 1. The number of piperidine rings is 1. The van der Waals surface area contributed by atoms with Gasteiger partial charge in [-0.25, -0.2) is 4.79 Å². The summed E-state index contributed by atoms with van der Waals surface area (Å²) in [5.74, 6) is 0.447. The third-order valence-corrected chi connectivity index (χ3v) is 9.71. The number of aliphatic hydroxyl groups is 2. The van der Waals surface area contributed by atoms with Gasteiger partial charge in [0.05, 0.1) is 40.5 Å². The van der Waals surface area contributed by atoms with E-state index in [1.165, 1.54) is 21.3 Å². The van der Waals surface area contributed by atoms with Crippen LogP contribution in [-0.4, -0.2) is 79.8 Å². The zero-order valence-electron chi connectivity index (χ0n) is 31.3. The van der Waals surface area contributed by atoms with Gasteiger partial charge in [0.2, 0.25) is 11.7 Å². The second kappa shape index (κ2) is 20.6. The summed E-state index contributed by atoms with van der Waals surface area (Å²) in [5.41, 5.74) is 9.08. The molecular formula is C41H54N2O10. The molecule has 288 valence electrons. The molecule has 53 heavy (non-hydrogen) atoms. The second-order valence-corrected chi connectivity index (χ2v) is 13.1. The Bertz CT molecular complexity index is 1650. The molecule has 3 aromatic carbocycles. The van der Waals surface area contributed by atoms with Crippen LogP contribution in [0.4, 0.5) is 0 Å². The number of nitrogens with two attached hydrogens (primary N) is 1. The van der Waals surface area contributed by atoms with Crippen molar-refractivity contribution in [3.05, 3.63) is 82.4 Å². The normalized spacial score (nSPS) is 15.3. The molecule has 1 amide bonds. The van der Waals surface area contributed by atoms with Crippen LogP contribution in [0.2, 0.25) is 0 Å². The van der Waals surface area contributed by atoms with Crippen LogP contribution < -0.4 is 24.7 Å². The molecule has 0 aliphatic carbocycles. The molecule has 4 rings (SSSR count). The number of aliphatic hydroxyl groups excluding tert-OH is 2. The highest BCUT2D eigenvalue weighted by Crippen LogP contribution is 2.41. The van der Waals surface area contributed by atoms with Crippen molar-refractivity contribution < 1.29 is 48.3 Å². The highest BCUT2D eigenvalue weighted by Gasteiger charge is 2.38. The maximum atomic E-state index is 14.3. The van der Waals surface area contributed by atoms with Gasteiger partial charge in [0.25, 0.3) is 0 Å². The highest BCUT2D eigenvalue weighted by molar-refractivity contribution is 5.89. The van der Waals surface area contributed by atoms with E-state index in [0.717, 1.165) is 18.4 Å². The number of nitrogens with zero attached hydrogens (tertiary/aromatic N) is 1. The van der Waals surface area contributed by atoms with Gasteiger partial charge in [0, 0.05) is 13.0 Å². The molecule has 4 N–H and O–H groups in total. The Kier molecular flexibility index (Phi) is 15.9. The lowest BCUT2D eigenvalue weighted by Crippen LogP contribution is -2.50. The van der Waals surface area contributed by atoms with Crippen molar-refractivity contribution in [2.45, 2.75) is 89.6 Å². The monoisotopic (exact) mass is 734 g/mol. The number of likely N-dealkylation sites (tertiary alicyclic amines) is 1. The first-order valence-corrected chi connectivity index (χ1v) is 18.3. The molecule has 12 heteroatoms. The lowest BCUT2D eigenvalue weighted by Gasteiger charge is -2.37. The minimum Gasteiger partial charge on any atom is -0.493 e. The molecule has 12 nitrogen and oxygen atoms in total. The third-order valence-electron chi connectivity index (χ3n) is 9.71. The Morgan fingerprint density at radius 2 is 1.64 bits per heavy atom. The SMILES string of the molecule is CC[C@H](C(=O)N1CCCC[C@H]1C(=O)O[C@H](CCc1ccc(CO)c(CO)c1)c1cccc(OCC(=O)CCCN)c1)c1cc(OC)c(OC)c(OC)c1. The van der Waals surface area contributed by atoms with Crippen molar-refractivity contribution in [1.29, 1.82) is 0 Å². The van der Waals surface area contributed by atoms with E-state index in [0.29, 0.717) is 96.9 Å². The summed E-state index contributed by atoms with van der Waals surface area (Å²) in [7, 11) is 4.57. The Labute approximate surface area is 312 Å². The van der Waals surface area contributed by atoms with Gasteiger partial charge < -0.3 is 44.5 Å². The number of aryl methyl sites for hydroxylation is 1. The minimum absolute atomic E-state index is 0.0613. The van der Waals surface area contributed by atoms with Crippen LogP contribution in [0.3, 0.4) is 0 Å². The van der Waals surface area contributed by atoms with Gasteiger partial charge in [-0.15, -0.1) is 0 Å². The first-order chi connectivity index (χ1) is 25.7. The lowest BCUT2D eigenvalue weighted by molar-refractivity contribution is -0.162. The highest BCUT2D eigenvalue weighted by atomic mass is 16.5. The number of amides is 1. The van der Waals surface area contributed by atoms with Gasteiger partial charge in [0.1, 0.15) is 24.5 Å². The average Bonchev–Trinajstić information content (AvgIpc) is 3.20. The largest absolute Gasteiger partial charge is 0.493 e. The smallest absolute Gasteiger partial charge is 0.329 e. The lowest BCUT2D eigenvalue weighted by atomic mass is 9.91. The summed E-state index contributed by atoms with van der Waals surface area (Å²) in [6.45, 7) is 2.25. The summed E-state index contributed by atoms with van der Waals surface area (Å²) in [4.78, 5) is 42.5. The van der Waals surface area contributed by atoms with Gasteiger partial charge in [0.15, 0.2) is 17.3 Å². The number of rotatable bonds is 20. The zero-order valence-corrected chi connectivity index (χ0v) is 31.3. The quantitative estimate of drug-likeness (QED) is 0.131. The maximum Gasteiger partial charge on any atom is 0.329 e. The molecule has 0 bridgehead atoms. The number of hydrogen-bond acceptors (Lipinski definition) is 11. The predicted molar refractivity (Wildman–Crippen MR) is 199 cm³/mol. The van der Waals surface area contributed by atoms with Crippen molar-refractivity contribution in [3.63, 3.8) is 0 Å². The molecule has 0 spiro atoms. The molecule has 0 unspecified atom stereocenters. The molecule has 0 aromatic heterocycles. The van der Waals surface area contributed by atoms with Crippen LogP contribution in [0.15, 0.2) is 54.6 Å². The number of carbonyl (C=O) groups excluding carboxylic acids is 3. The van der Waals surface area contributed by atoms with Crippen LogP contribution in [-0.2, 0) is 38.8 Å². The van der Waals surface area contributed by atoms with Crippen LogP contribution >= 0.6 is 0 Å². The van der Waals surface area contributed by atoms with Gasteiger partial charge in [-0.1, -0.05) is 37.3 Å². The number of carbonyl (C=O) groups is 3. The average molecular weight is 735 g/mol. The fourth-order valence-electron chi connectivity index (χ4n) is 6.78. The molecular weight excluding hydrogens is 680 g/mol. The van der Waals surface area contributed by atoms with Gasteiger partial charge in [-0.3, -0.25) is 9.59 Å². The Morgan fingerprint density at radius 3 is 2.28 bits per heavy atom. The number of ether oxygens (including phenoxy) is 5. The second-order valence-electron chi connectivity index (χ2n) is 13.1. The molecule has 1 aliphatic heterocycles. The molecule has 1 fully saturated rings. The topological polar surface area (TPSA) is 167 Å². The van der Waals surface area contributed by atoms with E-state index in [1.54, 1.807) is 41.3 Å². The standard InChI is InChI=1S/C41H54N2O10/c1-5-34(30-22-37(49-2)39(51-4)38(23-30)50-3)40(47)43-19-7-6-13-35(43)41(48)53-36(17-15-27-14-16-29(24-44)31(20-27)25-45)28-10-8-12-33(21-28)52-26-32(46)11-9-18-42/h8,10,12,14,16,20-23,34-36,44-45H,5-7,9,11,13,15,17-19,24-26,42H2,1-4H3/t34-,35-,36+/m0/s1. The molecule has 3 atom stereocenters. The van der Waals surface area contributed by atoms with Crippen LogP contribution in [0.25, 0.3) is 0 Å². The zero-order chi connectivity index (χ0) is 38.3. The molecule has 3 aromatic rings. The van der Waals surface area contributed by atoms with E-state index in [9.17, 15) is 24.6 Å². The van der Waals surface area contributed by atoms with Gasteiger partial charge in [-0.05, 0) is 104 Å². The van der Waals surface area contributed by atoms with Crippen molar-refractivity contribution in [3.8, 4) is 23.0 Å². The van der Waals surface area contributed by atoms with E-state index in [2.05, 4.69) is 0 Å². The van der Waals surface area contributed by atoms with Crippen molar-refractivity contribution in [1.82, 2.24) is 4.90 Å². The van der Waals surface area contributed by atoms with Crippen LogP contribution in [0, 0.1) is 0 Å². The van der Waals surface area contributed by atoms with Crippen molar-refractivity contribution in [2.24, 2.45) is 5.73 Å². The summed E-state index contributed by atoms with van der Waals surface area (Å²) in [5, 5.41) is 19.5. The van der Waals surface area contributed by atoms with Crippen molar-refractivity contribution in [2.75, 3.05) is 41.0 Å². The fraction of sp³-hybridized carbons (Fsp3) is 0.488. The molecule has 1 saturated heterocycles. The predicted octanol–water partition coefficient (Wildman–Crippen LogP) is 5.18. The van der Waals surface area contributed by atoms with Crippen LogP contribution in [0.5, 0.6) is 23.0 Å². The molecule has 0 radical (unpaired) electrons. The number of ketones is 1. The summed E-state index contributed by atoms with van der Waals surface area (Å²) >= 11 is 0. The van der Waals surface area contributed by atoms with Crippen LogP contribution in [0.1, 0.15) is 91.7 Å². The van der Waals surface area contributed by atoms with E-state index < -0.39 is 24.0 Å². The Balaban J connectivity index is 1.60. The summed E-state index contributed by atoms with van der Waals surface area (Å²) < 4.78 is 28.7. The molecule has 0 saturated carbocycles. The van der Waals surface area contributed by atoms with E-state index in [4.69, 9.17) is 29.4 Å². The minimum atomic E-state index is -0.792.